The molecular formula is C24H26N4O3. The van der Waals surface area contributed by atoms with Gasteiger partial charge in [-0.3, -0.25) is 19.7 Å². The average molecular weight is 418 g/mol. The summed E-state index contributed by atoms with van der Waals surface area (Å²) in [5, 5.41) is 2.36. The van der Waals surface area contributed by atoms with Gasteiger partial charge in [-0.05, 0) is 48.1 Å². The molecular weight excluding hydrogens is 392 g/mol. The van der Waals surface area contributed by atoms with E-state index in [4.69, 9.17) is 5.73 Å². The smallest absolute Gasteiger partial charge is 0.255 e. The van der Waals surface area contributed by atoms with Crippen molar-refractivity contribution in [2.24, 2.45) is 5.73 Å². The molecule has 2 atom stereocenters. The van der Waals surface area contributed by atoms with E-state index in [-0.39, 0.29) is 24.1 Å². The van der Waals surface area contributed by atoms with Gasteiger partial charge in [0.15, 0.2) is 0 Å². The van der Waals surface area contributed by atoms with Crippen molar-refractivity contribution in [1.29, 1.82) is 0 Å². The number of para-hydroxylation sites is 1. The fourth-order valence-electron chi connectivity index (χ4n) is 5.14. The Kier molecular flexibility index (Phi) is 4.98. The summed E-state index contributed by atoms with van der Waals surface area (Å²) in [6.45, 7) is 2.55. The third-order valence-corrected chi connectivity index (χ3v) is 6.75. The molecule has 2 aromatic carbocycles. The molecule has 2 aromatic rings. The molecule has 7 heteroatoms. The highest BCUT2D eigenvalue weighted by Crippen LogP contribution is 2.37. The van der Waals surface area contributed by atoms with Gasteiger partial charge in [-0.1, -0.05) is 36.4 Å². The summed E-state index contributed by atoms with van der Waals surface area (Å²) < 4.78 is 0. The lowest BCUT2D eigenvalue weighted by atomic mass is 9.89. The van der Waals surface area contributed by atoms with Crippen LogP contribution in [0.5, 0.6) is 0 Å². The van der Waals surface area contributed by atoms with E-state index in [0.29, 0.717) is 37.5 Å². The zero-order valence-corrected chi connectivity index (χ0v) is 17.3. The molecule has 7 nitrogen and oxygen atoms in total. The quantitative estimate of drug-likeness (QED) is 0.740. The van der Waals surface area contributed by atoms with E-state index in [1.165, 1.54) is 11.3 Å². The van der Waals surface area contributed by atoms with Crippen LogP contribution in [0.3, 0.4) is 0 Å². The van der Waals surface area contributed by atoms with E-state index in [9.17, 15) is 14.4 Å². The van der Waals surface area contributed by atoms with Crippen LogP contribution in [0, 0.1) is 0 Å². The van der Waals surface area contributed by atoms with Crippen molar-refractivity contribution in [1.82, 2.24) is 10.2 Å². The van der Waals surface area contributed by atoms with E-state index >= 15 is 0 Å². The van der Waals surface area contributed by atoms with Crippen LogP contribution in [-0.4, -0.2) is 41.8 Å². The minimum Gasteiger partial charge on any atom is -0.367 e. The van der Waals surface area contributed by atoms with Gasteiger partial charge >= 0.3 is 0 Å². The Morgan fingerprint density at radius 3 is 2.68 bits per heavy atom. The summed E-state index contributed by atoms with van der Waals surface area (Å²) in [5.41, 5.74) is 11.0. The average Bonchev–Trinajstić information content (AvgIpc) is 3.11. The summed E-state index contributed by atoms with van der Waals surface area (Å²) in [4.78, 5) is 41.1. The van der Waals surface area contributed by atoms with Gasteiger partial charge in [-0.2, -0.15) is 0 Å². The Morgan fingerprint density at radius 2 is 1.87 bits per heavy atom. The molecule has 2 unspecified atom stereocenters. The third-order valence-electron chi connectivity index (χ3n) is 6.75. The highest BCUT2D eigenvalue weighted by atomic mass is 16.2. The van der Waals surface area contributed by atoms with Crippen LogP contribution in [0.2, 0.25) is 0 Å². The van der Waals surface area contributed by atoms with E-state index in [1.807, 2.05) is 30.3 Å². The summed E-state index contributed by atoms with van der Waals surface area (Å²) >= 11 is 0. The van der Waals surface area contributed by atoms with Crippen LogP contribution in [0.25, 0.3) is 0 Å². The second-order valence-corrected chi connectivity index (χ2v) is 8.55. The molecule has 0 aliphatic carbocycles. The standard InChI is InChI=1S/C24H26N4O3/c25-12-15-10-11-27(19-7-2-1-6-18(15)19)13-16-4-3-5-17-14-28(24(31)22(16)17)20-8-9-21(29)26-23(20)30/h1-7,15,20H,8-14,25H2,(H,26,29,30). The number of anilines is 1. The van der Waals surface area contributed by atoms with Crippen LogP contribution in [-0.2, 0) is 22.7 Å². The number of imide groups is 1. The Morgan fingerprint density at radius 1 is 1.03 bits per heavy atom. The fourth-order valence-corrected chi connectivity index (χ4v) is 5.14. The number of rotatable bonds is 4. The number of hydrogen-bond acceptors (Lipinski definition) is 5. The number of piperidine rings is 1. The van der Waals surface area contributed by atoms with Crippen molar-refractivity contribution in [3.63, 3.8) is 0 Å². The maximum absolute atomic E-state index is 13.4. The zero-order valence-electron chi connectivity index (χ0n) is 17.3. The number of fused-ring (bicyclic) bond motifs is 2. The van der Waals surface area contributed by atoms with Gasteiger partial charge in [-0.15, -0.1) is 0 Å². The maximum Gasteiger partial charge on any atom is 0.255 e. The summed E-state index contributed by atoms with van der Waals surface area (Å²) in [6.07, 6.45) is 1.62. The molecule has 3 aliphatic heterocycles. The van der Waals surface area contributed by atoms with Crippen molar-refractivity contribution < 1.29 is 14.4 Å². The molecule has 0 bridgehead atoms. The highest BCUT2D eigenvalue weighted by Gasteiger charge is 2.40. The molecule has 3 N–H and O–H groups in total. The SMILES string of the molecule is NCC1CCN(Cc2cccc3c2C(=O)N(C2CCC(=O)NC2=O)C3)c2ccccc21. The number of carbonyl (C=O) groups is 3. The normalized spacial score (nSPS) is 22.9. The number of nitrogens with two attached hydrogens (primary N) is 1. The van der Waals surface area contributed by atoms with Crippen molar-refractivity contribution in [2.75, 3.05) is 18.0 Å². The Bertz CT molecular complexity index is 1070. The predicted octanol–water partition coefficient (Wildman–Crippen LogP) is 1.90. The minimum absolute atomic E-state index is 0.120. The summed E-state index contributed by atoms with van der Waals surface area (Å²) in [7, 11) is 0. The maximum atomic E-state index is 13.4. The first-order valence-corrected chi connectivity index (χ1v) is 10.9. The van der Waals surface area contributed by atoms with Gasteiger partial charge < -0.3 is 15.5 Å². The minimum atomic E-state index is -0.591. The molecule has 160 valence electrons. The number of hydrogen-bond donors (Lipinski definition) is 2. The van der Waals surface area contributed by atoms with Gasteiger partial charge in [0.1, 0.15) is 6.04 Å². The van der Waals surface area contributed by atoms with Crippen LogP contribution in [0.15, 0.2) is 42.5 Å². The first kappa shape index (κ1) is 19.8. The number of nitrogens with zero attached hydrogens (tertiary/aromatic N) is 2. The van der Waals surface area contributed by atoms with Gasteiger partial charge in [0, 0.05) is 37.3 Å². The van der Waals surface area contributed by atoms with E-state index in [2.05, 4.69) is 22.3 Å². The highest BCUT2D eigenvalue weighted by molar-refractivity contribution is 6.06. The molecule has 31 heavy (non-hydrogen) atoms. The van der Waals surface area contributed by atoms with Crippen molar-refractivity contribution in [3.05, 3.63) is 64.7 Å². The monoisotopic (exact) mass is 418 g/mol. The van der Waals surface area contributed by atoms with Crippen LogP contribution >= 0.6 is 0 Å². The van der Waals surface area contributed by atoms with Gasteiger partial charge in [-0.25, -0.2) is 0 Å². The zero-order chi connectivity index (χ0) is 21.5. The Labute approximate surface area is 181 Å². The number of benzene rings is 2. The summed E-state index contributed by atoms with van der Waals surface area (Å²) in [5.74, 6) is -0.411. The first-order chi connectivity index (χ1) is 15.1. The predicted molar refractivity (Wildman–Crippen MR) is 116 cm³/mol. The lowest BCUT2D eigenvalue weighted by Crippen LogP contribution is -2.52. The van der Waals surface area contributed by atoms with Crippen molar-refractivity contribution in [3.8, 4) is 0 Å². The molecule has 0 spiro atoms. The van der Waals surface area contributed by atoms with E-state index in [0.717, 1.165) is 24.1 Å². The molecule has 1 fully saturated rings. The third kappa shape index (κ3) is 3.39. The summed E-state index contributed by atoms with van der Waals surface area (Å²) in [6, 6.07) is 13.7. The molecule has 0 saturated carbocycles. The topological polar surface area (TPSA) is 95.7 Å². The Balaban J connectivity index is 1.42. The van der Waals surface area contributed by atoms with Crippen molar-refractivity contribution >= 4 is 23.4 Å². The largest absolute Gasteiger partial charge is 0.367 e. The lowest BCUT2D eigenvalue weighted by Gasteiger charge is -2.35. The van der Waals surface area contributed by atoms with E-state index < -0.39 is 6.04 Å². The second-order valence-electron chi connectivity index (χ2n) is 8.55. The lowest BCUT2D eigenvalue weighted by molar-refractivity contribution is -0.136. The van der Waals surface area contributed by atoms with E-state index in [1.54, 1.807) is 4.90 Å². The number of carbonyl (C=O) groups excluding carboxylic acids is 3. The molecule has 3 amide bonds. The number of nitrogens with one attached hydrogen (secondary N) is 1. The Hall–Kier alpha value is -3.19. The molecule has 5 rings (SSSR count). The second kappa shape index (κ2) is 7.81. The van der Waals surface area contributed by atoms with Gasteiger partial charge in [0.05, 0.1) is 0 Å². The molecule has 3 heterocycles. The molecule has 0 aromatic heterocycles. The molecule has 0 radical (unpaired) electrons. The van der Waals surface area contributed by atoms with Crippen LogP contribution in [0.4, 0.5) is 5.69 Å². The van der Waals surface area contributed by atoms with Gasteiger partial charge in [0.2, 0.25) is 11.8 Å². The molecule has 3 aliphatic rings. The number of amides is 3. The first-order valence-electron chi connectivity index (χ1n) is 10.9. The van der Waals surface area contributed by atoms with Crippen LogP contribution in [0.1, 0.15) is 52.2 Å². The van der Waals surface area contributed by atoms with Crippen molar-refractivity contribution in [2.45, 2.75) is 44.3 Å². The van der Waals surface area contributed by atoms with Crippen LogP contribution < -0.4 is 16.0 Å². The van der Waals surface area contributed by atoms with Gasteiger partial charge in [0.25, 0.3) is 5.91 Å². The molecule has 1 saturated heterocycles. The fraction of sp³-hybridized carbons (Fsp3) is 0.375.